The van der Waals surface area contributed by atoms with Gasteiger partial charge in [0.1, 0.15) is 6.04 Å². The number of carboxylic acid groups (broad SMARTS) is 1. The summed E-state index contributed by atoms with van der Waals surface area (Å²) in [5, 5.41) is 17.3. The van der Waals surface area contributed by atoms with Crippen molar-refractivity contribution in [3.8, 4) is 0 Å². The minimum absolute atomic E-state index is 0.0448. The maximum absolute atomic E-state index is 11.4. The molecule has 17 heavy (non-hydrogen) atoms. The molecule has 92 valence electrons. The molecule has 1 aromatic rings. The van der Waals surface area contributed by atoms with E-state index in [0.29, 0.717) is 5.82 Å². The maximum Gasteiger partial charge on any atom is 0.326 e. The summed E-state index contributed by atoms with van der Waals surface area (Å²) >= 11 is 0. The van der Waals surface area contributed by atoms with E-state index >= 15 is 0 Å². The third-order valence-electron chi connectivity index (χ3n) is 2.46. The van der Waals surface area contributed by atoms with Gasteiger partial charge in [0.25, 0.3) is 0 Å². The Morgan fingerprint density at radius 3 is 2.88 bits per heavy atom. The fourth-order valence-electron chi connectivity index (χ4n) is 1.43. The second kappa shape index (κ2) is 4.81. The van der Waals surface area contributed by atoms with E-state index in [4.69, 9.17) is 5.11 Å². The molecule has 1 fully saturated rings. The molecule has 2 amide bonds. The van der Waals surface area contributed by atoms with Crippen LogP contribution in [0.2, 0.25) is 0 Å². The molecule has 3 N–H and O–H groups in total. The summed E-state index contributed by atoms with van der Waals surface area (Å²) in [6.07, 6.45) is 2.82. The van der Waals surface area contributed by atoms with Crippen LogP contribution in [0.1, 0.15) is 18.7 Å². The summed E-state index contributed by atoms with van der Waals surface area (Å²) in [7, 11) is 0. The van der Waals surface area contributed by atoms with Crippen LogP contribution in [0, 0.1) is 5.92 Å². The third kappa shape index (κ3) is 3.16. The van der Waals surface area contributed by atoms with Gasteiger partial charge in [0.2, 0.25) is 6.39 Å². The molecule has 1 aliphatic carbocycles. The Labute approximate surface area is 96.4 Å². The lowest BCUT2D eigenvalue weighted by Crippen LogP contribution is -2.47. The van der Waals surface area contributed by atoms with Gasteiger partial charge >= 0.3 is 12.0 Å². The molecule has 1 unspecified atom stereocenters. The number of rotatable bonds is 5. The number of aromatic nitrogens is 2. The standard InChI is InChI=1S/C9H12N4O4/c14-8(15)7(5-1-2-5)12-9(16)10-3-6-11-4-17-13-6/h4-5,7H,1-3H2,(H,14,15)(H2,10,12,16). The van der Waals surface area contributed by atoms with Crippen molar-refractivity contribution in [2.75, 3.05) is 0 Å². The van der Waals surface area contributed by atoms with Crippen LogP contribution < -0.4 is 10.6 Å². The van der Waals surface area contributed by atoms with Crippen LogP contribution in [0.5, 0.6) is 0 Å². The van der Waals surface area contributed by atoms with Crippen molar-refractivity contribution >= 4 is 12.0 Å². The predicted octanol–water partition coefficient (Wildman–Crippen LogP) is -0.268. The molecule has 1 aromatic heterocycles. The molecule has 1 aliphatic rings. The fourth-order valence-corrected chi connectivity index (χ4v) is 1.43. The highest BCUT2D eigenvalue weighted by Crippen LogP contribution is 2.32. The molecule has 8 heteroatoms. The summed E-state index contributed by atoms with van der Waals surface area (Å²) in [5.41, 5.74) is 0. The number of carbonyl (C=O) groups is 2. The normalized spacial score (nSPS) is 16.2. The van der Waals surface area contributed by atoms with Crippen LogP contribution in [-0.4, -0.2) is 33.3 Å². The van der Waals surface area contributed by atoms with E-state index in [1.54, 1.807) is 0 Å². The van der Waals surface area contributed by atoms with E-state index in [1.165, 1.54) is 0 Å². The Morgan fingerprint density at radius 1 is 1.59 bits per heavy atom. The summed E-state index contributed by atoms with van der Waals surface area (Å²) < 4.78 is 4.49. The quantitative estimate of drug-likeness (QED) is 0.652. The zero-order valence-electron chi connectivity index (χ0n) is 8.92. The van der Waals surface area contributed by atoms with E-state index in [2.05, 4.69) is 25.3 Å². The molecule has 8 nitrogen and oxygen atoms in total. The van der Waals surface area contributed by atoms with Crippen LogP contribution in [0.4, 0.5) is 4.79 Å². The van der Waals surface area contributed by atoms with Crippen molar-refractivity contribution < 1.29 is 19.2 Å². The van der Waals surface area contributed by atoms with E-state index in [9.17, 15) is 9.59 Å². The first-order valence-corrected chi connectivity index (χ1v) is 5.19. The minimum atomic E-state index is -1.01. The summed E-state index contributed by atoms with van der Waals surface area (Å²) in [4.78, 5) is 26.0. The lowest BCUT2D eigenvalue weighted by Gasteiger charge is -2.13. The Hall–Kier alpha value is -2.12. The minimum Gasteiger partial charge on any atom is -0.480 e. The van der Waals surface area contributed by atoms with Gasteiger partial charge in [0.15, 0.2) is 5.82 Å². The largest absolute Gasteiger partial charge is 0.480 e. The summed E-state index contributed by atoms with van der Waals surface area (Å²) in [6.45, 7) is 0.0966. The van der Waals surface area contributed by atoms with Gasteiger partial charge in [0.05, 0.1) is 6.54 Å². The van der Waals surface area contributed by atoms with Crippen molar-refractivity contribution in [3.05, 3.63) is 12.2 Å². The van der Waals surface area contributed by atoms with Gasteiger partial charge < -0.3 is 20.3 Å². The SMILES string of the molecule is O=C(NCc1ncon1)NC(C(=O)O)C1CC1. The van der Waals surface area contributed by atoms with Gasteiger partial charge in [-0.05, 0) is 18.8 Å². The first kappa shape index (κ1) is 11.4. The van der Waals surface area contributed by atoms with Gasteiger partial charge in [-0.2, -0.15) is 4.98 Å². The zero-order valence-corrected chi connectivity index (χ0v) is 8.92. The van der Waals surface area contributed by atoms with Crippen molar-refractivity contribution in [1.82, 2.24) is 20.8 Å². The van der Waals surface area contributed by atoms with Gasteiger partial charge in [0, 0.05) is 0 Å². The molecule has 0 aromatic carbocycles. The van der Waals surface area contributed by atoms with Gasteiger partial charge in [-0.1, -0.05) is 5.16 Å². The fraction of sp³-hybridized carbons (Fsp3) is 0.556. The molecule has 0 radical (unpaired) electrons. The van der Waals surface area contributed by atoms with Gasteiger partial charge in [-0.3, -0.25) is 0 Å². The topological polar surface area (TPSA) is 117 Å². The number of nitrogens with zero attached hydrogens (tertiary/aromatic N) is 2. The highest BCUT2D eigenvalue weighted by molar-refractivity contribution is 5.82. The molecule has 1 atom stereocenters. The Bertz CT molecular complexity index is 401. The van der Waals surface area contributed by atoms with Crippen molar-refractivity contribution in [2.45, 2.75) is 25.4 Å². The number of carbonyl (C=O) groups excluding carboxylic acids is 1. The summed E-state index contributed by atoms with van der Waals surface area (Å²) in [6, 6.07) is -1.37. The number of carboxylic acids is 1. The molecule has 2 rings (SSSR count). The smallest absolute Gasteiger partial charge is 0.326 e. The number of aliphatic carboxylic acids is 1. The number of nitrogens with one attached hydrogen (secondary N) is 2. The highest BCUT2D eigenvalue weighted by atomic mass is 16.5. The number of urea groups is 1. The number of amides is 2. The molecular weight excluding hydrogens is 228 g/mol. The molecule has 1 heterocycles. The monoisotopic (exact) mass is 240 g/mol. The van der Waals surface area contributed by atoms with Gasteiger partial charge in [-0.25, -0.2) is 9.59 Å². The van der Waals surface area contributed by atoms with E-state index in [-0.39, 0.29) is 12.5 Å². The molecular formula is C9H12N4O4. The maximum atomic E-state index is 11.4. The molecule has 1 saturated carbocycles. The van der Waals surface area contributed by atoms with Gasteiger partial charge in [-0.15, -0.1) is 0 Å². The van der Waals surface area contributed by atoms with E-state index in [1.807, 2.05) is 0 Å². The second-order valence-electron chi connectivity index (χ2n) is 3.83. The summed E-state index contributed by atoms with van der Waals surface area (Å²) in [5.74, 6) is -0.635. The number of hydrogen-bond donors (Lipinski definition) is 3. The Morgan fingerprint density at radius 2 is 2.35 bits per heavy atom. The lowest BCUT2D eigenvalue weighted by molar-refractivity contribution is -0.139. The van der Waals surface area contributed by atoms with Crippen LogP contribution >= 0.6 is 0 Å². The van der Waals surface area contributed by atoms with Crippen molar-refractivity contribution in [3.63, 3.8) is 0 Å². The van der Waals surface area contributed by atoms with Crippen LogP contribution in [0.15, 0.2) is 10.9 Å². The first-order valence-electron chi connectivity index (χ1n) is 5.19. The zero-order chi connectivity index (χ0) is 12.3. The van der Waals surface area contributed by atoms with E-state index < -0.39 is 18.0 Å². The van der Waals surface area contributed by atoms with Crippen LogP contribution in [0.25, 0.3) is 0 Å². The number of hydrogen-bond acceptors (Lipinski definition) is 5. The molecule has 0 aliphatic heterocycles. The van der Waals surface area contributed by atoms with Crippen LogP contribution in [-0.2, 0) is 11.3 Å². The molecule has 0 bridgehead atoms. The lowest BCUT2D eigenvalue weighted by atomic mass is 10.2. The first-order chi connectivity index (χ1) is 8.16. The highest BCUT2D eigenvalue weighted by Gasteiger charge is 2.37. The molecule has 0 saturated heterocycles. The average Bonchev–Trinajstić information content (AvgIpc) is 2.99. The van der Waals surface area contributed by atoms with E-state index in [0.717, 1.165) is 19.2 Å². The third-order valence-corrected chi connectivity index (χ3v) is 2.46. The van der Waals surface area contributed by atoms with Crippen molar-refractivity contribution in [2.24, 2.45) is 5.92 Å². The van der Waals surface area contributed by atoms with Crippen LogP contribution in [0.3, 0.4) is 0 Å². The Balaban J connectivity index is 1.77. The Kier molecular flexibility index (Phi) is 3.22. The molecule has 0 spiro atoms. The predicted molar refractivity (Wildman–Crippen MR) is 53.8 cm³/mol. The second-order valence-corrected chi connectivity index (χ2v) is 3.83. The van der Waals surface area contributed by atoms with Crippen molar-refractivity contribution in [1.29, 1.82) is 0 Å². The average molecular weight is 240 g/mol.